The number of benzene rings is 1. The van der Waals surface area contributed by atoms with Crippen LogP contribution in [0.1, 0.15) is 13.8 Å². The van der Waals surface area contributed by atoms with E-state index in [9.17, 15) is 0 Å². The minimum absolute atomic E-state index is 0.0230. The quantitative estimate of drug-likeness (QED) is 0.633. The molecule has 1 aliphatic rings. The van der Waals surface area contributed by atoms with Gasteiger partial charge in [-0.3, -0.25) is 4.90 Å². The molecule has 0 aliphatic carbocycles. The molecule has 29 heavy (non-hydrogen) atoms. The molecule has 1 aliphatic heterocycles. The van der Waals surface area contributed by atoms with Gasteiger partial charge in [0.25, 0.3) is 11.8 Å². The van der Waals surface area contributed by atoms with Crippen molar-refractivity contribution >= 4 is 28.5 Å². The third-order valence-corrected chi connectivity index (χ3v) is 5.47. The van der Waals surface area contributed by atoms with Gasteiger partial charge in [0, 0.05) is 18.6 Å². The number of oxazole rings is 1. The van der Waals surface area contributed by atoms with Crippen molar-refractivity contribution in [3.05, 3.63) is 29.5 Å². The molecule has 0 saturated carbocycles. The first-order chi connectivity index (χ1) is 13.8. The molecule has 0 atom stereocenters. The van der Waals surface area contributed by atoms with Gasteiger partial charge in [-0.2, -0.15) is 4.98 Å². The number of ether oxygens (including phenoxy) is 2. The van der Waals surface area contributed by atoms with E-state index in [1.165, 1.54) is 6.26 Å². The maximum absolute atomic E-state index is 8.30. The second-order valence-corrected chi connectivity index (χ2v) is 7.98. The van der Waals surface area contributed by atoms with Gasteiger partial charge < -0.3 is 24.7 Å². The van der Waals surface area contributed by atoms with Crippen LogP contribution in [0, 0.1) is 0 Å². The van der Waals surface area contributed by atoms with Crippen molar-refractivity contribution in [3.8, 4) is 22.9 Å². The van der Waals surface area contributed by atoms with Crippen molar-refractivity contribution in [1.82, 2.24) is 14.9 Å². The summed E-state index contributed by atoms with van der Waals surface area (Å²) in [6.07, 6.45) is 1.40. The summed E-state index contributed by atoms with van der Waals surface area (Å²) in [4.78, 5) is 11.0. The SMILES string of the molecule is CC1(C)COCCN1CCOc1ccc2c([OH2+])cc(-c3coc(N)n3)nc2c1Cl. The summed E-state index contributed by atoms with van der Waals surface area (Å²) in [5.74, 6) is 0.823. The molecule has 0 unspecified atom stereocenters. The van der Waals surface area contributed by atoms with Crippen molar-refractivity contribution in [3.63, 3.8) is 0 Å². The Balaban J connectivity index is 1.56. The van der Waals surface area contributed by atoms with Crippen LogP contribution in [0.15, 0.2) is 28.9 Å². The molecule has 2 aromatic heterocycles. The lowest BCUT2D eigenvalue weighted by atomic mass is 10.0. The Morgan fingerprint density at radius 1 is 1.31 bits per heavy atom. The van der Waals surface area contributed by atoms with Crippen LogP contribution >= 0.6 is 11.6 Å². The molecule has 8 nitrogen and oxygen atoms in total. The number of nitrogens with two attached hydrogens (primary N) is 1. The fourth-order valence-corrected chi connectivity index (χ4v) is 3.72. The Kier molecular flexibility index (Phi) is 5.24. The van der Waals surface area contributed by atoms with Gasteiger partial charge in [-0.1, -0.05) is 11.6 Å². The highest BCUT2D eigenvalue weighted by molar-refractivity contribution is 6.36. The highest BCUT2D eigenvalue weighted by Crippen LogP contribution is 2.37. The Morgan fingerprint density at radius 3 is 2.86 bits per heavy atom. The zero-order valence-electron chi connectivity index (χ0n) is 16.4. The third kappa shape index (κ3) is 3.96. The molecule has 9 heteroatoms. The molecule has 1 aromatic carbocycles. The number of pyridine rings is 1. The number of nitrogen functional groups attached to an aromatic ring is 1. The van der Waals surface area contributed by atoms with Crippen LogP contribution in [0.5, 0.6) is 11.5 Å². The molecule has 4 rings (SSSR count). The van der Waals surface area contributed by atoms with Crippen LogP contribution in [-0.4, -0.2) is 58.4 Å². The number of rotatable bonds is 5. The Labute approximate surface area is 173 Å². The summed E-state index contributed by atoms with van der Waals surface area (Å²) >= 11 is 6.58. The Morgan fingerprint density at radius 2 is 2.14 bits per heavy atom. The van der Waals surface area contributed by atoms with Gasteiger partial charge in [-0.05, 0) is 26.0 Å². The van der Waals surface area contributed by atoms with Gasteiger partial charge in [0.2, 0.25) is 0 Å². The van der Waals surface area contributed by atoms with E-state index in [-0.39, 0.29) is 17.3 Å². The van der Waals surface area contributed by atoms with Gasteiger partial charge in [-0.15, -0.1) is 0 Å². The lowest BCUT2D eigenvalue weighted by Crippen LogP contribution is -2.54. The van der Waals surface area contributed by atoms with E-state index in [0.717, 1.165) is 19.7 Å². The van der Waals surface area contributed by atoms with Gasteiger partial charge >= 0.3 is 0 Å². The lowest BCUT2D eigenvalue weighted by Gasteiger charge is -2.41. The van der Waals surface area contributed by atoms with Crippen LogP contribution in [0.2, 0.25) is 5.02 Å². The first kappa shape index (κ1) is 19.8. The Bertz CT molecular complexity index is 1040. The first-order valence-electron chi connectivity index (χ1n) is 9.37. The smallest absolute Gasteiger partial charge is 0.292 e. The standard InChI is InChI=1S/C20H23ClN4O4/c1-20(2)11-27-7-5-25(20)6-8-28-16-4-3-12-15(26)9-13(23-18(12)17(16)21)14-10-29-19(22)24-14/h3-4,9-10H,5-8,11H2,1-2H3,(H2,22,24)(H,23,26)/p+1. The molecule has 154 valence electrons. The van der Waals surface area contributed by atoms with Crippen molar-refractivity contribution in [2.24, 2.45) is 0 Å². The fraction of sp³-hybridized carbons (Fsp3) is 0.400. The van der Waals surface area contributed by atoms with Crippen molar-refractivity contribution in [2.45, 2.75) is 19.4 Å². The molecule has 0 radical (unpaired) electrons. The minimum atomic E-state index is -0.0230. The van der Waals surface area contributed by atoms with Crippen LogP contribution in [0.4, 0.5) is 6.01 Å². The maximum atomic E-state index is 8.30. The molecule has 0 bridgehead atoms. The minimum Gasteiger partial charge on any atom is -0.593 e. The molecule has 1 saturated heterocycles. The Hall–Kier alpha value is -2.55. The molecule has 3 aromatic rings. The molecular formula is C20H24ClN4O4+. The average molecular weight is 420 g/mol. The number of nitrogens with zero attached hydrogens (tertiary/aromatic N) is 3. The van der Waals surface area contributed by atoms with E-state index in [1.54, 1.807) is 18.2 Å². The number of hydrogen-bond donors (Lipinski definition) is 1. The van der Waals surface area contributed by atoms with Crippen LogP contribution < -0.4 is 10.5 Å². The number of anilines is 1. The van der Waals surface area contributed by atoms with E-state index >= 15 is 0 Å². The number of fused-ring (bicyclic) bond motifs is 1. The largest absolute Gasteiger partial charge is 0.593 e. The number of aromatic nitrogens is 2. The van der Waals surface area contributed by atoms with Gasteiger partial charge in [0.1, 0.15) is 40.5 Å². The summed E-state index contributed by atoms with van der Waals surface area (Å²) in [5.41, 5.74) is 6.93. The highest BCUT2D eigenvalue weighted by Gasteiger charge is 2.30. The predicted molar refractivity (Wildman–Crippen MR) is 112 cm³/mol. The van der Waals surface area contributed by atoms with Crippen molar-refractivity contribution < 1.29 is 19.0 Å². The summed E-state index contributed by atoms with van der Waals surface area (Å²) in [5, 5.41) is 9.30. The summed E-state index contributed by atoms with van der Waals surface area (Å²) < 4.78 is 16.6. The maximum Gasteiger partial charge on any atom is 0.292 e. The summed E-state index contributed by atoms with van der Waals surface area (Å²) in [6, 6.07) is 5.23. The first-order valence-corrected chi connectivity index (χ1v) is 9.75. The zero-order chi connectivity index (χ0) is 20.6. The topological polar surface area (TPSA) is 110 Å². The van der Waals surface area contributed by atoms with Crippen LogP contribution in [-0.2, 0) is 4.74 Å². The summed E-state index contributed by atoms with van der Waals surface area (Å²) in [6.45, 7) is 7.87. The van der Waals surface area contributed by atoms with Crippen LogP contribution in [0.3, 0.4) is 0 Å². The van der Waals surface area contributed by atoms with E-state index < -0.39 is 0 Å². The van der Waals surface area contributed by atoms with Gasteiger partial charge in [0.15, 0.2) is 0 Å². The van der Waals surface area contributed by atoms with E-state index in [4.69, 9.17) is 36.3 Å². The van der Waals surface area contributed by atoms with Gasteiger partial charge in [0.05, 0.1) is 24.7 Å². The second kappa shape index (κ2) is 7.70. The van der Waals surface area contributed by atoms with E-state index in [2.05, 4.69) is 28.7 Å². The third-order valence-electron chi connectivity index (χ3n) is 5.10. The molecule has 0 amide bonds. The highest BCUT2D eigenvalue weighted by atomic mass is 35.5. The number of halogens is 1. The molecular weight excluding hydrogens is 396 g/mol. The fourth-order valence-electron chi connectivity index (χ4n) is 3.46. The van der Waals surface area contributed by atoms with Gasteiger partial charge in [-0.25, -0.2) is 4.98 Å². The van der Waals surface area contributed by atoms with Crippen molar-refractivity contribution in [1.29, 1.82) is 0 Å². The molecule has 1 fully saturated rings. The molecule has 4 N–H and O–H groups in total. The number of morpholine rings is 1. The molecule has 0 spiro atoms. The second-order valence-electron chi connectivity index (χ2n) is 7.60. The normalized spacial score (nSPS) is 16.9. The average Bonchev–Trinajstić information content (AvgIpc) is 3.11. The zero-order valence-corrected chi connectivity index (χ0v) is 17.1. The summed E-state index contributed by atoms with van der Waals surface area (Å²) in [7, 11) is 0. The van der Waals surface area contributed by atoms with Crippen molar-refractivity contribution in [2.75, 3.05) is 38.6 Å². The van der Waals surface area contributed by atoms with Crippen LogP contribution in [0.25, 0.3) is 22.3 Å². The predicted octanol–water partition coefficient (Wildman–Crippen LogP) is 3.05. The lowest BCUT2D eigenvalue weighted by molar-refractivity contribution is -0.0547. The van der Waals surface area contributed by atoms with E-state index in [1.807, 2.05) is 0 Å². The molecule has 3 heterocycles. The number of hydrogen-bond acceptors (Lipinski definition) is 7. The monoisotopic (exact) mass is 419 g/mol. The van der Waals surface area contributed by atoms with E-state index in [0.29, 0.717) is 46.3 Å².